The third kappa shape index (κ3) is 6.53. The normalized spacial score (nSPS) is 17.2. The van der Waals surface area contributed by atoms with Gasteiger partial charge in [0.1, 0.15) is 23.2 Å². The zero-order valence-corrected chi connectivity index (χ0v) is 20.1. The van der Waals surface area contributed by atoms with E-state index < -0.39 is 42.5 Å². The maximum Gasteiger partial charge on any atom is 0.414 e. The van der Waals surface area contributed by atoms with Crippen LogP contribution in [0.5, 0.6) is 5.75 Å². The standard InChI is InChI=1S/C25H26FN3O8/c1-16(30)36-22-5-3-2-4-19(22)24(32)35-15-23(31)27-13-18-14-29(25(33)37-18)17-6-7-21(20(26)12-17)28-8-10-34-11-9-28/h2-7,12,18H,8-11,13-15H2,1H3,(H,27,31). The van der Waals surface area contributed by atoms with Gasteiger partial charge in [0.2, 0.25) is 0 Å². The van der Waals surface area contributed by atoms with Crippen LogP contribution >= 0.6 is 0 Å². The molecule has 2 fully saturated rings. The number of anilines is 2. The van der Waals surface area contributed by atoms with E-state index in [1.54, 1.807) is 24.3 Å². The number of carbonyl (C=O) groups is 4. The van der Waals surface area contributed by atoms with Crippen molar-refractivity contribution in [2.24, 2.45) is 0 Å². The molecule has 0 saturated carbocycles. The second-order valence-corrected chi connectivity index (χ2v) is 8.32. The van der Waals surface area contributed by atoms with E-state index in [-0.39, 0.29) is 24.4 Å². The molecule has 1 unspecified atom stereocenters. The van der Waals surface area contributed by atoms with Gasteiger partial charge in [0, 0.05) is 20.0 Å². The summed E-state index contributed by atoms with van der Waals surface area (Å²) in [4.78, 5) is 51.2. The highest BCUT2D eigenvalue weighted by atomic mass is 19.1. The van der Waals surface area contributed by atoms with Gasteiger partial charge in [-0.15, -0.1) is 0 Å². The summed E-state index contributed by atoms with van der Waals surface area (Å²) in [5.41, 5.74) is 0.778. The number of para-hydroxylation sites is 1. The molecular weight excluding hydrogens is 489 g/mol. The molecule has 0 aliphatic carbocycles. The minimum atomic E-state index is -0.840. The van der Waals surface area contributed by atoms with E-state index in [0.29, 0.717) is 37.7 Å². The first kappa shape index (κ1) is 25.9. The first-order valence-electron chi connectivity index (χ1n) is 11.6. The lowest BCUT2D eigenvalue weighted by molar-refractivity contribution is -0.132. The van der Waals surface area contributed by atoms with Crippen LogP contribution in [0.1, 0.15) is 17.3 Å². The minimum absolute atomic E-state index is 0.00210. The van der Waals surface area contributed by atoms with Crippen LogP contribution in [0.3, 0.4) is 0 Å². The fourth-order valence-corrected chi connectivity index (χ4v) is 3.93. The lowest BCUT2D eigenvalue weighted by atomic mass is 10.2. The zero-order valence-electron chi connectivity index (χ0n) is 20.1. The van der Waals surface area contributed by atoms with Crippen LogP contribution in [0.25, 0.3) is 0 Å². The molecule has 2 aliphatic heterocycles. The number of rotatable bonds is 8. The second-order valence-electron chi connectivity index (χ2n) is 8.32. The number of esters is 2. The van der Waals surface area contributed by atoms with Crippen molar-refractivity contribution < 1.29 is 42.5 Å². The zero-order chi connectivity index (χ0) is 26.4. The number of ether oxygens (including phenoxy) is 4. The predicted molar refractivity (Wildman–Crippen MR) is 128 cm³/mol. The monoisotopic (exact) mass is 515 g/mol. The van der Waals surface area contributed by atoms with Crippen molar-refractivity contribution in [2.75, 3.05) is 55.8 Å². The van der Waals surface area contributed by atoms with Crippen molar-refractivity contribution in [3.8, 4) is 5.75 Å². The van der Waals surface area contributed by atoms with Gasteiger partial charge in [0.25, 0.3) is 5.91 Å². The number of halogens is 1. The van der Waals surface area contributed by atoms with Crippen LogP contribution in [-0.4, -0.2) is 76.0 Å². The van der Waals surface area contributed by atoms with Crippen molar-refractivity contribution in [3.05, 3.63) is 53.8 Å². The molecule has 2 heterocycles. The number of hydrogen-bond acceptors (Lipinski definition) is 9. The lowest BCUT2D eigenvalue weighted by Gasteiger charge is -2.29. The Morgan fingerprint density at radius 3 is 2.62 bits per heavy atom. The number of cyclic esters (lactones) is 1. The van der Waals surface area contributed by atoms with Gasteiger partial charge in [0.15, 0.2) is 6.61 Å². The largest absolute Gasteiger partial charge is 0.452 e. The molecule has 1 N–H and O–H groups in total. The molecule has 2 aromatic rings. The van der Waals surface area contributed by atoms with E-state index in [4.69, 9.17) is 18.9 Å². The molecule has 0 aromatic heterocycles. The smallest absolute Gasteiger partial charge is 0.414 e. The SMILES string of the molecule is CC(=O)Oc1ccccc1C(=O)OCC(=O)NCC1CN(c2ccc(N3CCOCC3)c(F)c2)C(=O)O1. The predicted octanol–water partition coefficient (Wildman–Crippen LogP) is 1.89. The van der Waals surface area contributed by atoms with Crippen LogP contribution in [0.15, 0.2) is 42.5 Å². The van der Waals surface area contributed by atoms with Gasteiger partial charge in [-0.05, 0) is 30.3 Å². The summed E-state index contributed by atoms with van der Waals surface area (Å²) in [5, 5.41) is 2.54. The average molecular weight is 515 g/mol. The van der Waals surface area contributed by atoms with Crippen LogP contribution in [-0.2, 0) is 23.8 Å². The van der Waals surface area contributed by atoms with E-state index in [9.17, 15) is 23.6 Å². The maximum absolute atomic E-state index is 14.7. The van der Waals surface area contributed by atoms with Gasteiger partial charge in [-0.2, -0.15) is 0 Å². The molecule has 0 bridgehead atoms. The Morgan fingerprint density at radius 2 is 1.89 bits per heavy atom. The quantitative estimate of drug-likeness (QED) is 0.415. The number of hydrogen-bond donors (Lipinski definition) is 1. The molecule has 0 radical (unpaired) electrons. The number of carbonyl (C=O) groups excluding carboxylic acids is 4. The van der Waals surface area contributed by atoms with Crippen molar-refractivity contribution >= 4 is 35.3 Å². The highest BCUT2D eigenvalue weighted by Gasteiger charge is 2.33. The lowest BCUT2D eigenvalue weighted by Crippen LogP contribution is -2.37. The van der Waals surface area contributed by atoms with Gasteiger partial charge < -0.3 is 29.2 Å². The Morgan fingerprint density at radius 1 is 1.14 bits per heavy atom. The van der Waals surface area contributed by atoms with Crippen molar-refractivity contribution in [1.29, 1.82) is 0 Å². The Kier molecular flexibility index (Phi) is 8.18. The third-order valence-corrected chi connectivity index (χ3v) is 5.69. The Hall–Kier alpha value is -4.19. The van der Waals surface area contributed by atoms with E-state index in [2.05, 4.69) is 5.32 Å². The van der Waals surface area contributed by atoms with Crippen LogP contribution in [0.2, 0.25) is 0 Å². The molecular formula is C25H26FN3O8. The summed E-state index contributed by atoms with van der Waals surface area (Å²) in [7, 11) is 0. The molecule has 196 valence electrons. The van der Waals surface area contributed by atoms with Gasteiger partial charge in [-0.1, -0.05) is 12.1 Å². The summed E-state index contributed by atoms with van der Waals surface area (Å²) in [5.74, 6) is -2.50. The van der Waals surface area contributed by atoms with E-state index in [1.807, 2.05) is 4.90 Å². The summed E-state index contributed by atoms with van der Waals surface area (Å²) in [6.07, 6.45) is -1.34. The Labute approximate surface area is 212 Å². The fraction of sp³-hybridized carbons (Fsp3) is 0.360. The van der Waals surface area contributed by atoms with E-state index in [1.165, 1.54) is 30.0 Å². The highest BCUT2D eigenvalue weighted by Crippen LogP contribution is 2.28. The Bertz CT molecular complexity index is 1180. The number of benzene rings is 2. The number of nitrogens with zero attached hydrogens (tertiary/aromatic N) is 2. The first-order chi connectivity index (χ1) is 17.8. The van der Waals surface area contributed by atoms with E-state index >= 15 is 0 Å². The summed E-state index contributed by atoms with van der Waals surface area (Å²) < 4.78 is 35.3. The minimum Gasteiger partial charge on any atom is -0.452 e. The third-order valence-electron chi connectivity index (χ3n) is 5.69. The van der Waals surface area contributed by atoms with Gasteiger partial charge >= 0.3 is 18.0 Å². The molecule has 11 nitrogen and oxygen atoms in total. The van der Waals surface area contributed by atoms with E-state index in [0.717, 1.165) is 0 Å². The van der Waals surface area contributed by atoms with Crippen LogP contribution in [0, 0.1) is 5.82 Å². The Balaban J connectivity index is 1.26. The highest BCUT2D eigenvalue weighted by molar-refractivity contribution is 5.95. The number of nitrogens with one attached hydrogen (secondary N) is 1. The molecule has 2 saturated heterocycles. The molecule has 2 aliphatic rings. The molecule has 0 spiro atoms. The van der Waals surface area contributed by atoms with Crippen molar-refractivity contribution in [1.82, 2.24) is 5.32 Å². The number of amides is 2. The molecule has 4 rings (SSSR count). The first-order valence-corrected chi connectivity index (χ1v) is 11.6. The fourth-order valence-electron chi connectivity index (χ4n) is 3.93. The van der Waals surface area contributed by atoms with Gasteiger partial charge in [-0.25, -0.2) is 14.0 Å². The van der Waals surface area contributed by atoms with Crippen molar-refractivity contribution in [2.45, 2.75) is 13.0 Å². The molecule has 12 heteroatoms. The molecule has 2 amide bonds. The summed E-state index contributed by atoms with van der Waals surface area (Å²) in [6.45, 7) is 2.88. The van der Waals surface area contributed by atoms with Crippen LogP contribution in [0.4, 0.5) is 20.6 Å². The molecule has 1 atom stereocenters. The van der Waals surface area contributed by atoms with Crippen molar-refractivity contribution in [3.63, 3.8) is 0 Å². The second kappa shape index (κ2) is 11.7. The topological polar surface area (TPSA) is 124 Å². The number of morpholine rings is 1. The average Bonchev–Trinajstić information content (AvgIpc) is 3.26. The van der Waals surface area contributed by atoms with Gasteiger partial charge in [-0.3, -0.25) is 14.5 Å². The summed E-state index contributed by atoms with van der Waals surface area (Å²) in [6, 6.07) is 10.5. The maximum atomic E-state index is 14.7. The molecule has 37 heavy (non-hydrogen) atoms. The molecule has 2 aromatic carbocycles. The van der Waals surface area contributed by atoms with Gasteiger partial charge in [0.05, 0.1) is 37.7 Å². The summed E-state index contributed by atoms with van der Waals surface area (Å²) >= 11 is 0. The van der Waals surface area contributed by atoms with Crippen LogP contribution < -0.4 is 19.9 Å².